The van der Waals surface area contributed by atoms with Gasteiger partial charge in [0.25, 0.3) is 0 Å². The van der Waals surface area contributed by atoms with Gasteiger partial charge in [-0.25, -0.2) is 0 Å². The van der Waals surface area contributed by atoms with Crippen LogP contribution in [0.5, 0.6) is 11.5 Å². The molecule has 0 aliphatic heterocycles. The predicted molar refractivity (Wildman–Crippen MR) is 84.0 cm³/mol. The average Bonchev–Trinajstić information content (AvgIpc) is 2.40. The molecule has 3 nitrogen and oxygen atoms in total. The van der Waals surface area contributed by atoms with Gasteiger partial charge in [0.05, 0.1) is 18.2 Å². The van der Waals surface area contributed by atoms with Crippen molar-refractivity contribution >= 4 is 22.0 Å². The molecule has 0 fully saturated rings. The molecule has 1 atom stereocenters. The lowest BCUT2D eigenvalue weighted by molar-refractivity contribution is 0.309. The quantitative estimate of drug-likeness (QED) is 0.860. The molecule has 0 aliphatic carbocycles. The minimum absolute atomic E-state index is 0.344. The largest absolute Gasteiger partial charge is 0.493 e. The number of benzene rings is 1. The molecule has 19 heavy (non-hydrogen) atoms. The van der Waals surface area contributed by atoms with Gasteiger partial charge in [-0.05, 0) is 61.4 Å². The van der Waals surface area contributed by atoms with Gasteiger partial charge >= 0.3 is 0 Å². The Morgan fingerprint density at radius 1 is 1.47 bits per heavy atom. The van der Waals surface area contributed by atoms with E-state index in [1.54, 1.807) is 7.11 Å². The minimum atomic E-state index is 0.344. The van der Waals surface area contributed by atoms with E-state index in [1.807, 2.05) is 26.1 Å². The SMILES string of the molecule is CCOc1c(Br)cc(/C=C(/C)C(C)NC)cc1OC. The van der Waals surface area contributed by atoms with E-state index in [1.165, 1.54) is 5.57 Å². The third-order valence-electron chi connectivity index (χ3n) is 3.05. The number of hydrogen-bond donors (Lipinski definition) is 1. The van der Waals surface area contributed by atoms with Gasteiger partial charge in [0.15, 0.2) is 11.5 Å². The Morgan fingerprint density at radius 2 is 2.16 bits per heavy atom. The molecule has 4 heteroatoms. The molecule has 1 rings (SSSR count). The Kier molecular flexibility index (Phi) is 6.38. The number of likely N-dealkylation sites (N-methyl/N-ethyl adjacent to an activating group) is 1. The summed E-state index contributed by atoms with van der Waals surface area (Å²) in [6.45, 7) is 6.81. The van der Waals surface area contributed by atoms with E-state index in [4.69, 9.17) is 9.47 Å². The van der Waals surface area contributed by atoms with Crippen molar-refractivity contribution in [3.8, 4) is 11.5 Å². The summed E-state index contributed by atoms with van der Waals surface area (Å²) in [7, 11) is 3.61. The summed E-state index contributed by atoms with van der Waals surface area (Å²) < 4.78 is 11.9. The standard InChI is InChI=1S/C15H22BrNO2/c1-6-19-15-13(16)8-12(9-14(15)18-5)7-10(2)11(3)17-4/h7-9,11,17H,6H2,1-5H3/b10-7-. The number of ether oxygens (including phenoxy) is 2. The number of methoxy groups -OCH3 is 1. The van der Waals surface area contributed by atoms with Crippen LogP contribution < -0.4 is 14.8 Å². The second-order valence-electron chi connectivity index (χ2n) is 4.37. The lowest BCUT2D eigenvalue weighted by atomic mass is 10.1. The summed E-state index contributed by atoms with van der Waals surface area (Å²) in [4.78, 5) is 0. The van der Waals surface area contributed by atoms with E-state index in [0.717, 1.165) is 21.5 Å². The van der Waals surface area contributed by atoms with Crippen molar-refractivity contribution in [2.75, 3.05) is 20.8 Å². The van der Waals surface area contributed by atoms with Gasteiger partial charge in [-0.1, -0.05) is 11.6 Å². The molecule has 106 valence electrons. The van der Waals surface area contributed by atoms with Gasteiger partial charge in [0, 0.05) is 6.04 Å². The molecule has 1 aromatic carbocycles. The molecule has 0 amide bonds. The van der Waals surface area contributed by atoms with Crippen LogP contribution in [-0.2, 0) is 0 Å². The number of rotatable bonds is 6. The summed E-state index contributed by atoms with van der Waals surface area (Å²) in [5.74, 6) is 1.49. The molecule has 0 radical (unpaired) electrons. The highest BCUT2D eigenvalue weighted by molar-refractivity contribution is 9.10. The average molecular weight is 328 g/mol. The van der Waals surface area contributed by atoms with Gasteiger partial charge in [0.2, 0.25) is 0 Å². The Morgan fingerprint density at radius 3 is 2.68 bits per heavy atom. The van der Waals surface area contributed by atoms with Crippen molar-refractivity contribution < 1.29 is 9.47 Å². The highest BCUT2D eigenvalue weighted by Gasteiger charge is 2.11. The van der Waals surface area contributed by atoms with E-state index < -0.39 is 0 Å². The Balaban J connectivity index is 3.15. The number of halogens is 1. The van der Waals surface area contributed by atoms with Crippen LogP contribution in [0, 0.1) is 0 Å². The zero-order valence-corrected chi connectivity index (χ0v) is 13.8. The van der Waals surface area contributed by atoms with E-state index >= 15 is 0 Å². The number of hydrogen-bond acceptors (Lipinski definition) is 3. The predicted octanol–water partition coefficient (Wildman–Crippen LogP) is 3.87. The van der Waals surface area contributed by atoms with Crippen LogP contribution in [0.4, 0.5) is 0 Å². The molecule has 0 aromatic heterocycles. The summed E-state index contributed by atoms with van der Waals surface area (Å²) in [5.41, 5.74) is 2.35. The van der Waals surface area contributed by atoms with Gasteiger partial charge < -0.3 is 14.8 Å². The van der Waals surface area contributed by atoms with Gasteiger partial charge in [-0.3, -0.25) is 0 Å². The first-order valence-corrected chi connectivity index (χ1v) is 7.18. The van der Waals surface area contributed by atoms with Crippen molar-refractivity contribution in [1.29, 1.82) is 0 Å². The topological polar surface area (TPSA) is 30.5 Å². The van der Waals surface area contributed by atoms with Crippen molar-refractivity contribution in [1.82, 2.24) is 5.32 Å². The molecule has 0 saturated heterocycles. The smallest absolute Gasteiger partial charge is 0.175 e. The van der Waals surface area contributed by atoms with Crippen LogP contribution in [0.15, 0.2) is 22.2 Å². The Labute approximate surface area is 124 Å². The minimum Gasteiger partial charge on any atom is -0.493 e. The van der Waals surface area contributed by atoms with E-state index in [2.05, 4.69) is 41.2 Å². The molecule has 0 heterocycles. The normalized spacial score (nSPS) is 13.3. The highest BCUT2D eigenvalue weighted by Crippen LogP contribution is 2.37. The van der Waals surface area contributed by atoms with Crippen LogP contribution >= 0.6 is 15.9 Å². The maximum Gasteiger partial charge on any atom is 0.175 e. The molecule has 1 unspecified atom stereocenters. The highest BCUT2D eigenvalue weighted by atomic mass is 79.9. The van der Waals surface area contributed by atoms with Crippen molar-refractivity contribution in [2.24, 2.45) is 0 Å². The van der Waals surface area contributed by atoms with Crippen LogP contribution in [-0.4, -0.2) is 26.8 Å². The van der Waals surface area contributed by atoms with Gasteiger partial charge in [-0.15, -0.1) is 0 Å². The maximum absolute atomic E-state index is 5.58. The first-order valence-electron chi connectivity index (χ1n) is 6.39. The van der Waals surface area contributed by atoms with Crippen molar-refractivity contribution in [2.45, 2.75) is 26.8 Å². The van der Waals surface area contributed by atoms with Crippen molar-refractivity contribution in [3.63, 3.8) is 0 Å². The van der Waals surface area contributed by atoms with Crippen molar-refractivity contribution in [3.05, 3.63) is 27.7 Å². The lowest BCUT2D eigenvalue weighted by Gasteiger charge is -2.14. The van der Waals surface area contributed by atoms with Crippen LogP contribution in [0.25, 0.3) is 6.08 Å². The molecule has 0 bridgehead atoms. The lowest BCUT2D eigenvalue weighted by Crippen LogP contribution is -2.21. The Hall–Kier alpha value is -1.00. The molecule has 1 aromatic rings. The molecule has 0 spiro atoms. The maximum atomic E-state index is 5.58. The van der Waals surface area contributed by atoms with Gasteiger partial charge in [-0.2, -0.15) is 0 Å². The third kappa shape index (κ3) is 4.25. The zero-order valence-electron chi connectivity index (χ0n) is 12.2. The summed E-state index contributed by atoms with van der Waals surface area (Å²) >= 11 is 3.53. The monoisotopic (exact) mass is 327 g/mol. The second kappa shape index (κ2) is 7.56. The molecule has 0 saturated carbocycles. The molecule has 1 N–H and O–H groups in total. The van der Waals surface area contributed by atoms with Crippen LogP contribution in [0.2, 0.25) is 0 Å². The number of nitrogens with one attached hydrogen (secondary N) is 1. The van der Waals surface area contributed by atoms with E-state index in [-0.39, 0.29) is 0 Å². The van der Waals surface area contributed by atoms with Crippen LogP contribution in [0.1, 0.15) is 26.3 Å². The fraction of sp³-hybridized carbons (Fsp3) is 0.467. The molecular formula is C15H22BrNO2. The fourth-order valence-corrected chi connectivity index (χ4v) is 2.30. The molecule has 0 aliphatic rings. The summed E-state index contributed by atoms with van der Waals surface area (Å²) in [5, 5.41) is 3.22. The third-order valence-corrected chi connectivity index (χ3v) is 3.64. The Bertz CT molecular complexity index is 458. The second-order valence-corrected chi connectivity index (χ2v) is 5.22. The molecular weight excluding hydrogens is 306 g/mol. The first-order chi connectivity index (χ1) is 9.03. The first kappa shape index (κ1) is 16.1. The van der Waals surface area contributed by atoms with Gasteiger partial charge in [0.1, 0.15) is 0 Å². The van der Waals surface area contributed by atoms with E-state index in [9.17, 15) is 0 Å². The van der Waals surface area contributed by atoms with Crippen LogP contribution in [0.3, 0.4) is 0 Å². The fourth-order valence-electron chi connectivity index (χ4n) is 1.72. The zero-order chi connectivity index (χ0) is 14.4. The summed E-state index contributed by atoms with van der Waals surface area (Å²) in [6, 6.07) is 4.37. The summed E-state index contributed by atoms with van der Waals surface area (Å²) in [6.07, 6.45) is 2.14. The van der Waals surface area contributed by atoms with E-state index in [0.29, 0.717) is 12.6 Å².